The molecule has 0 fully saturated rings. The summed E-state index contributed by atoms with van der Waals surface area (Å²) in [5, 5.41) is 0. The Hall–Kier alpha value is -1.87. The summed E-state index contributed by atoms with van der Waals surface area (Å²) in [5.74, 6) is 0.200. The molecule has 1 unspecified atom stereocenters. The second-order valence-corrected chi connectivity index (χ2v) is 5.19. The fourth-order valence-corrected chi connectivity index (χ4v) is 2.12. The molecular formula is C17H20FNO. The number of ether oxygens (including phenoxy) is 1. The first kappa shape index (κ1) is 14.5. The van der Waals surface area contributed by atoms with Gasteiger partial charge in [0.15, 0.2) is 0 Å². The van der Waals surface area contributed by atoms with E-state index in [1.165, 1.54) is 17.7 Å². The molecule has 2 nitrogen and oxygen atoms in total. The predicted octanol–water partition coefficient (Wildman–Crippen LogP) is 4.04. The highest BCUT2D eigenvalue weighted by Gasteiger charge is 2.10. The van der Waals surface area contributed by atoms with Crippen LogP contribution in [-0.2, 0) is 6.61 Å². The lowest BCUT2D eigenvalue weighted by atomic mass is 10.1. The van der Waals surface area contributed by atoms with Crippen LogP contribution in [0.15, 0.2) is 36.4 Å². The summed E-state index contributed by atoms with van der Waals surface area (Å²) in [6.07, 6.45) is 0. The molecule has 0 aliphatic heterocycles. The molecule has 106 valence electrons. The van der Waals surface area contributed by atoms with E-state index in [2.05, 4.69) is 18.2 Å². The Morgan fingerprint density at radius 2 is 1.90 bits per heavy atom. The third-order valence-electron chi connectivity index (χ3n) is 3.35. The first-order chi connectivity index (χ1) is 9.47. The summed E-state index contributed by atoms with van der Waals surface area (Å²) < 4.78 is 19.1. The van der Waals surface area contributed by atoms with Crippen molar-refractivity contribution < 1.29 is 9.13 Å². The maximum absolute atomic E-state index is 13.4. The van der Waals surface area contributed by atoms with Gasteiger partial charge in [0, 0.05) is 17.7 Å². The summed E-state index contributed by atoms with van der Waals surface area (Å²) in [4.78, 5) is 0. The van der Waals surface area contributed by atoms with Crippen LogP contribution in [0.4, 0.5) is 4.39 Å². The number of hydrogen-bond donors (Lipinski definition) is 1. The fourth-order valence-electron chi connectivity index (χ4n) is 2.12. The SMILES string of the molecule is Cc1ccc(C)c(COc2cc(F)ccc2C(C)N)c1. The van der Waals surface area contributed by atoms with Crippen LogP contribution in [0, 0.1) is 19.7 Å². The Morgan fingerprint density at radius 1 is 1.15 bits per heavy atom. The second kappa shape index (κ2) is 6.06. The van der Waals surface area contributed by atoms with Crippen LogP contribution in [-0.4, -0.2) is 0 Å². The standard InChI is InChI=1S/C17H20FNO/c1-11-4-5-12(2)14(8-11)10-20-17-9-15(18)6-7-16(17)13(3)19/h4-9,13H,10,19H2,1-3H3. The molecule has 3 heteroatoms. The molecule has 0 amide bonds. The molecule has 0 saturated heterocycles. The van der Waals surface area contributed by atoms with Gasteiger partial charge in [-0.1, -0.05) is 29.8 Å². The smallest absolute Gasteiger partial charge is 0.127 e. The lowest BCUT2D eigenvalue weighted by Gasteiger charge is -2.15. The maximum Gasteiger partial charge on any atom is 0.127 e. The van der Waals surface area contributed by atoms with Crippen molar-refractivity contribution in [3.05, 3.63) is 64.5 Å². The van der Waals surface area contributed by atoms with Crippen LogP contribution >= 0.6 is 0 Å². The monoisotopic (exact) mass is 273 g/mol. The largest absolute Gasteiger partial charge is 0.488 e. The Balaban J connectivity index is 2.22. The molecule has 0 radical (unpaired) electrons. The number of nitrogens with two attached hydrogens (primary N) is 1. The summed E-state index contributed by atoms with van der Waals surface area (Å²) in [6.45, 7) is 6.35. The number of halogens is 1. The van der Waals surface area contributed by atoms with E-state index < -0.39 is 0 Å². The number of hydrogen-bond acceptors (Lipinski definition) is 2. The van der Waals surface area contributed by atoms with Crippen LogP contribution in [0.25, 0.3) is 0 Å². The fraction of sp³-hybridized carbons (Fsp3) is 0.294. The predicted molar refractivity (Wildman–Crippen MR) is 79.3 cm³/mol. The molecule has 1 atom stereocenters. The molecule has 0 aliphatic rings. The zero-order valence-electron chi connectivity index (χ0n) is 12.1. The zero-order valence-corrected chi connectivity index (χ0v) is 12.1. The average molecular weight is 273 g/mol. The van der Waals surface area contributed by atoms with Crippen molar-refractivity contribution in [3.8, 4) is 5.75 Å². The topological polar surface area (TPSA) is 35.2 Å². The van der Waals surface area contributed by atoms with Gasteiger partial charge in [-0.15, -0.1) is 0 Å². The minimum atomic E-state index is -0.314. The molecule has 0 heterocycles. The zero-order chi connectivity index (χ0) is 14.7. The normalized spacial score (nSPS) is 12.2. The van der Waals surface area contributed by atoms with Gasteiger partial charge >= 0.3 is 0 Å². The Kier molecular flexibility index (Phi) is 4.40. The molecule has 2 N–H and O–H groups in total. The molecule has 0 bridgehead atoms. The van der Waals surface area contributed by atoms with Gasteiger partial charge in [-0.2, -0.15) is 0 Å². The summed E-state index contributed by atoms with van der Waals surface area (Å²) in [5.41, 5.74) is 10.1. The molecule has 0 spiro atoms. The van der Waals surface area contributed by atoms with E-state index in [9.17, 15) is 4.39 Å². The minimum absolute atomic E-state index is 0.191. The Labute approximate surface area is 119 Å². The van der Waals surface area contributed by atoms with Crippen LogP contribution in [0.1, 0.15) is 35.2 Å². The van der Waals surface area contributed by atoms with Gasteiger partial charge in [-0.3, -0.25) is 0 Å². The Morgan fingerprint density at radius 3 is 2.60 bits per heavy atom. The number of benzene rings is 2. The summed E-state index contributed by atoms with van der Waals surface area (Å²) in [7, 11) is 0. The van der Waals surface area contributed by atoms with E-state index in [1.807, 2.05) is 20.8 Å². The van der Waals surface area contributed by atoms with Crippen molar-refractivity contribution in [2.24, 2.45) is 5.73 Å². The average Bonchev–Trinajstić information content (AvgIpc) is 2.39. The summed E-state index contributed by atoms with van der Waals surface area (Å²) in [6, 6.07) is 10.5. The second-order valence-electron chi connectivity index (χ2n) is 5.19. The molecule has 2 aromatic rings. The van der Waals surface area contributed by atoms with Gasteiger partial charge in [0.2, 0.25) is 0 Å². The molecule has 2 rings (SSSR count). The number of aryl methyl sites for hydroxylation is 2. The highest BCUT2D eigenvalue weighted by atomic mass is 19.1. The lowest BCUT2D eigenvalue weighted by molar-refractivity contribution is 0.299. The van der Waals surface area contributed by atoms with Gasteiger partial charge in [0.25, 0.3) is 0 Å². The van der Waals surface area contributed by atoms with Gasteiger partial charge in [-0.05, 0) is 38.0 Å². The van der Waals surface area contributed by atoms with Crippen molar-refractivity contribution in [1.29, 1.82) is 0 Å². The Bertz CT molecular complexity index is 608. The first-order valence-corrected chi connectivity index (χ1v) is 6.71. The summed E-state index contributed by atoms with van der Waals surface area (Å²) >= 11 is 0. The maximum atomic E-state index is 13.4. The van der Waals surface area contributed by atoms with Gasteiger partial charge < -0.3 is 10.5 Å². The molecule has 0 aromatic heterocycles. The van der Waals surface area contributed by atoms with Crippen LogP contribution in [0.3, 0.4) is 0 Å². The van der Waals surface area contributed by atoms with Crippen LogP contribution in [0.5, 0.6) is 5.75 Å². The van der Waals surface area contributed by atoms with E-state index >= 15 is 0 Å². The van der Waals surface area contributed by atoms with Crippen molar-refractivity contribution >= 4 is 0 Å². The van der Waals surface area contributed by atoms with Gasteiger partial charge in [0.1, 0.15) is 18.2 Å². The van der Waals surface area contributed by atoms with Crippen molar-refractivity contribution in [3.63, 3.8) is 0 Å². The third kappa shape index (κ3) is 3.36. The number of rotatable bonds is 4. The highest BCUT2D eigenvalue weighted by molar-refractivity contribution is 5.37. The quantitative estimate of drug-likeness (QED) is 0.912. The van der Waals surface area contributed by atoms with Crippen LogP contribution < -0.4 is 10.5 Å². The molecule has 2 aromatic carbocycles. The lowest BCUT2D eigenvalue weighted by Crippen LogP contribution is -2.09. The van der Waals surface area contributed by atoms with E-state index in [4.69, 9.17) is 10.5 Å². The van der Waals surface area contributed by atoms with Gasteiger partial charge in [-0.25, -0.2) is 4.39 Å². The van der Waals surface area contributed by atoms with E-state index in [0.717, 1.165) is 16.7 Å². The van der Waals surface area contributed by atoms with Gasteiger partial charge in [0.05, 0.1) is 0 Å². The van der Waals surface area contributed by atoms with Crippen molar-refractivity contribution in [1.82, 2.24) is 0 Å². The van der Waals surface area contributed by atoms with Crippen molar-refractivity contribution in [2.75, 3.05) is 0 Å². The highest BCUT2D eigenvalue weighted by Crippen LogP contribution is 2.26. The van der Waals surface area contributed by atoms with E-state index in [1.54, 1.807) is 6.07 Å². The molecule has 0 aliphatic carbocycles. The van der Waals surface area contributed by atoms with E-state index in [0.29, 0.717) is 12.4 Å². The molecular weight excluding hydrogens is 253 g/mol. The van der Waals surface area contributed by atoms with Crippen LogP contribution in [0.2, 0.25) is 0 Å². The van der Waals surface area contributed by atoms with Crippen molar-refractivity contribution in [2.45, 2.75) is 33.4 Å². The van der Waals surface area contributed by atoms with E-state index in [-0.39, 0.29) is 11.9 Å². The first-order valence-electron chi connectivity index (χ1n) is 6.71. The third-order valence-corrected chi connectivity index (χ3v) is 3.35. The molecule has 0 saturated carbocycles. The minimum Gasteiger partial charge on any atom is -0.488 e. The molecule has 20 heavy (non-hydrogen) atoms.